The van der Waals surface area contributed by atoms with Crippen molar-refractivity contribution in [3.63, 3.8) is 0 Å². The lowest BCUT2D eigenvalue weighted by Crippen LogP contribution is -2.27. The van der Waals surface area contributed by atoms with Crippen LogP contribution in [-0.2, 0) is 17.6 Å². The smallest absolute Gasteiger partial charge is 0.224 e. The van der Waals surface area contributed by atoms with Gasteiger partial charge in [0.1, 0.15) is 5.82 Å². The van der Waals surface area contributed by atoms with Crippen LogP contribution in [0, 0.1) is 5.82 Å². The molecule has 2 aromatic carbocycles. The molecule has 0 saturated carbocycles. The Labute approximate surface area is 138 Å². The predicted molar refractivity (Wildman–Crippen MR) is 90.1 cm³/mol. The standard InChI is InChI=1S/C18H16ClFN2O/c19-14-3-1-12(2-4-14)7-8-21-18(23)9-13-11-22-17-6-5-15(20)10-16(13)17/h1-6,10-11,22H,7-9H2,(H,21,23). The van der Waals surface area contributed by atoms with Crippen molar-refractivity contribution >= 4 is 28.4 Å². The Morgan fingerprint density at radius 1 is 1.17 bits per heavy atom. The maximum Gasteiger partial charge on any atom is 0.224 e. The van der Waals surface area contributed by atoms with Gasteiger partial charge >= 0.3 is 0 Å². The first-order valence-electron chi connectivity index (χ1n) is 7.38. The van der Waals surface area contributed by atoms with E-state index in [9.17, 15) is 9.18 Å². The van der Waals surface area contributed by atoms with E-state index in [1.807, 2.05) is 24.3 Å². The van der Waals surface area contributed by atoms with Crippen molar-refractivity contribution in [1.29, 1.82) is 0 Å². The first kappa shape index (κ1) is 15.6. The number of H-pyrrole nitrogens is 1. The SMILES string of the molecule is O=C(Cc1c[nH]c2ccc(F)cc12)NCCc1ccc(Cl)cc1. The number of halogens is 2. The highest BCUT2D eigenvalue weighted by atomic mass is 35.5. The maximum atomic E-state index is 13.3. The number of nitrogens with one attached hydrogen (secondary N) is 2. The largest absolute Gasteiger partial charge is 0.361 e. The lowest BCUT2D eigenvalue weighted by atomic mass is 10.1. The van der Waals surface area contributed by atoms with Gasteiger partial charge in [0.15, 0.2) is 0 Å². The van der Waals surface area contributed by atoms with E-state index in [2.05, 4.69) is 10.3 Å². The van der Waals surface area contributed by atoms with Gasteiger partial charge in [0, 0.05) is 28.7 Å². The summed E-state index contributed by atoms with van der Waals surface area (Å²) in [5.41, 5.74) is 2.74. The monoisotopic (exact) mass is 330 g/mol. The lowest BCUT2D eigenvalue weighted by Gasteiger charge is -2.05. The van der Waals surface area contributed by atoms with Gasteiger partial charge in [-0.2, -0.15) is 0 Å². The van der Waals surface area contributed by atoms with Gasteiger partial charge in [-0.3, -0.25) is 4.79 Å². The molecule has 0 spiro atoms. The highest BCUT2D eigenvalue weighted by Gasteiger charge is 2.09. The Morgan fingerprint density at radius 3 is 2.74 bits per heavy atom. The highest BCUT2D eigenvalue weighted by molar-refractivity contribution is 6.30. The molecule has 0 radical (unpaired) electrons. The van der Waals surface area contributed by atoms with Crippen LogP contribution in [0.3, 0.4) is 0 Å². The van der Waals surface area contributed by atoms with E-state index < -0.39 is 0 Å². The summed E-state index contributed by atoms with van der Waals surface area (Å²) < 4.78 is 13.3. The molecule has 118 valence electrons. The zero-order valence-electron chi connectivity index (χ0n) is 12.4. The molecule has 0 bridgehead atoms. The van der Waals surface area contributed by atoms with Crippen molar-refractivity contribution in [2.75, 3.05) is 6.54 Å². The van der Waals surface area contributed by atoms with E-state index in [4.69, 9.17) is 11.6 Å². The molecule has 23 heavy (non-hydrogen) atoms. The van der Waals surface area contributed by atoms with Gasteiger partial charge < -0.3 is 10.3 Å². The van der Waals surface area contributed by atoms with Crippen LogP contribution in [0.5, 0.6) is 0 Å². The highest BCUT2D eigenvalue weighted by Crippen LogP contribution is 2.19. The number of carbonyl (C=O) groups is 1. The molecule has 1 heterocycles. The van der Waals surface area contributed by atoms with Gasteiger partial charge in [-0.25, -0.2) is 4.39 Å². The average Bonchev–Trinajstić information content (AvgIpc) is 2.91. The lowest BCUT2D eigenvalue weighted by molar-refractivity contribution is -0.120. The van der Waals surface area contributed by atoms with Gasteiger partial charge in [0.05, 0.1) is 6.42 Å². The van der Waals surface area contributed by atoms with E-state index >= 15 is 0 Å². The second-order valence-electron chi connectivity index (χ2n) is 5.41. The van der Waals surface area contributed by atoms with Gasteiger partial charge in [0.2, 0.25) is 5.91 Å². The molecule has 0 aliphatic heterocycles. The Balaban J connectivity index is 1.56. The van der Waals surface area contributed by atoms with Crippen LogP contribution >= 0.6 is 11.6 Å². The zero-order valence-corrected chi connectivity index (χ0v) is 13.2. The minimum absolute atomic E-state index is 0.0795. The minimum Gasteiger partial charge on any atom is -0.361 e. The zero-order chi connectivity index (χ0) is 16.2. The molecule has 5 heteroatoms. The number of hydrogen-bond acceptors (Lipinski definition) is 1. The number of aromatic amines is 1. The molecule has 1 amide bonds. The second-order valence-corrected chi connectivity index (χ2v) is 5.84. The summed E-state index contributed by atoms with van der Waals surface area (Å²) >= 11 is 5.84. The van der Waals surface area contributed by atoms with Crippen molar-refractivity contribution in [3.05, 3.63) is 70.6 Å². The third kappa shape index (κ3) is 3.90. The molecule has 3 rings (SSSR count). The molecule has 0 aliphatic rings. The molecular weight excluding hydrogens is 315 g/mol. The fourth-order valence-electron chi connectivity index (χ4n) is 2.53. The topological polar surface area (TPSA) is 44.9 Å². The van der Waals surface area contributed by atoms with Crippen LogP contribution in [-0.4, -0.2) is 17.4 Å². The van der Waals surface area contributed by atoms with Crippen LogP contribution in [0.2, 0.25) is 5.02 Å². The molecule has 1 aromatic heterocycles. The van der Waals surface area contributed by atoms with Gasteiger partial charge in [0.25, 0.3) is 0 Å². The van der Waals surface area contributed by atoms with Crippen LogP contribution < -0.4 is 5.32 Å². The fourth-order valence-corrected chi connectivity index (χ4v) is 2.66. The number of carbonyl (C=O) groups excluding carboxylic acids is 1. The first-order valence-corrected chi connectivity index (χ1v) is 7.76. The normalized spacial score (nSPS) is 10.9. The van der Waals surface area contributed by atoms with E-state index in [-0.39, 0.29) is 18.1 Å². The van der Waals surface area contributed by atoms with E-state index in [0.29, 0.717) is 11.6 Å². The number of amides is 1. The van der Waals surface area contributed by atoms with Crippen molar-refractivity contribution < 1.29 is 9.18 Å². The Kier molecular flexibility index (Phi) is 4.63. The summed E-state index contributed by atoms with van der Waals surface area (Å²) in [6, 6.07) is 12.1. The van der Waals surface area contributed by atoms with Gasteiger partial charge in [-0.1, -0.05) is 23.7 Å². The third-order valence-electron chi connectivity index (χ3n) is 3.73. The Morgan fingerprint density at radius 2 is 1.96 bits per heavy atom. The number of benzene rings is 2. The van der Waals surface area contributed by atoms with Crippen molar-refractivity contribution in [2.24, 2.45) is 0 Å². The molecule has 3 aromatic rings. The molecule has 0 atom stereocenters. The van der Waals surface area contributed by atoms with Gasteiger partial charge in [-0.05, 0) is 47.9 Å². The Bertz CT molecular complexity index is 827. The summed E-state index contributed by atoms with van der Waals surface area (Å²) in [4.78, 5) is 15.1. The molecule has 2 N–H and O–H groups in total. The minimum atomic E-state index is -0.304. The maximum absolute atomic E-state index is 13.3. The number of hydrogen-bond donors (Lipinski definition) is 2. The predicted octanol–water partition coefficient (Wildman–Crippen LogP) is 3.86. The third-order valence-corrected chi connectivity index (χ3v) is 3.98. The first-order chi connectivity index (χ1) is 11.1. The summed E-state index contributed by atoms with van der Waals surface area (Å²) in [5.74, 6) is -0.384. The van der Waals surface area contributed by atoms with Crippen molar-refractivity contribution in [3.8, 4) is 0 Å². The molecule has 0 aliphatic carbocycles. The molecule has 0 saturated heterocycles. The van der Waals surface area contributed by atoms with Crippen LogP contribution in [0.1, 0.15) is 11.1 Å². The Hall–Kier alpha value is -2.33. The van der Waals surface area contributed by atoms with E-state index in [1.54, 1.807) is 12.3 Å². The second kappa shape index (κ2) is 6.84. The van der Waals surface area contributed by atoms with Crippen molar-refractivity contribution in [1.82, 2.24) is 10.3 Å². The fraction of sp³-hybridized carbons (Fsp3) is 0.167. The molecule has 3 nitrogen and oxygen atoms in total. The van der Waals surface area contributed by atoms with Crippen LogP contribution in [0.4, 0.5) is 4.39 Å². The molecule has 0 unspecified atom stereocenters. The number of rotatable bonds is 5. The number of aromatic nitrogens is 1. The van der Waals surface area contributed by atoms with Crippen molar-refractivity contribution in [2.45, 2.75) is 12.8 Å². The molecular formula is C18H16ClFN2O. The average molecular weight is 331 g/mol. The summed E-state index contributed by atoms with van der Waals surface area (Å²) in [7, 11) is 0. The number of fused-ring (bicyclic) bond motifs is 1. The van der Waals surface area contributed by atoms with Crippen LogP contribution in [0.25, 0.3) is 10.9 Å². The quantitative estimate of drug-likeness (QED) is 0.733. The summed E-state index contributed by atoms with van der Waals surface area (Å²) in [6.07, 6.45) is 2.72. The summed E-state index contributed by atoms with van der Waals surface area (Å²) in [5, 5.41) is 4.33. The van der Waals surface area contributed by atoms with Crippen LogP contribution in [0.15, 0.2) is 48.7 Å². The van der Waals surface area contributed by atoms with E-state index in [1.165, 1.54) is 12.1 Å². The molecule has 0 fully saturated rings. The van der Waals surface area contributed by atoms with Gasteiger partial charge in [-0.15, -0.1) is 0 Å². The van der Waals surface area contributed by atoms with E-state index in [0.717, 1.165) is 28.5 Å². The summed E-state index contributed by atoms with van der Waals surface area (Å²) in [6.45, 7) is 0.553.